The molecule has 0 aromatic carbocycles. The van der Waals surface area contributed by atoms with E-state index in [4.69, 9.17) is 0 Å². The zero-order valence-corrected chi connectivity index (χ0v) is 13.8. The average molecular weight is 335 g/mol. The molecule has 0 aliphatic heterocycles. The molecular weight excluding hydrogens is 316 g/mol. The van der Waals surface area contributed by atoms with Crippen LogP contribution in [0.15, 0.2) is 28.9 Å². The highest BCUT2D eigenvalue weighted by molar-refractivity contribution is 9.10. The van der Waals surface area contributed by atoms with Gasteiger partial charge in [0.1, 0.15) is 11.5 Å². The SMILES string of the molecule is CCNc1cc(C(C)(C)C)nc(-c2ncccc2Br)n1. The van der Waals surface area contributed by atoms with Crippen LogP contribution in [0.2, 0.25) is 0 Å². The molecule has 2 aromatic heterocycles. The molecule has 0 radical (unpaired) electrons. The standard InChI is InChI=1S/C15H19BrN4/c1-5-17-12-9-11(15(2,3)4)19-14(20-12)13-10(16)7-6-8-18-13/h6-9H,5H2,1-4H3,(H,17,19,20). The second-order valence-electron chi connectivity index (χ2n) is 5.58. The molecular formula is C15H19BrN4. The first-order chi connectivity index (χ1) is 9.41. The molecule has 2 rings (SSSR count). The van der Waals surface area contributed by atoms with Gasteiger partial charge in [-0.25, -0.2) is 9.97 Å². The molecule has 0 spiro atoms. The van der Waals surface area contributed by atoms with Crippen molar-refractivity contribution in [3.8, 4) is 11.5 Å². The Morgan fingerprint density at radius 3 is 2.60 bits per heavy atom. The lowest BCUT2D eigenvalue weighted by molar-refractivity contribution is 0.568. The second-order valence-corrected chi connectivity index (χ2v) is 6.43. The fourth-order valence-electron chi connectivity index (χ4n) is 1.76. The summed E-state index contributed by atoms with van der Waals surface area (Å²) >= 11 is 3.51. The van der Waals surface area contributed by atoms with Crippen molar-refractivity contribution in [2.45, 2.75) is 33.1 Å². The topological polar surface area (TPSA) is 50.7 Å². The fraction of sp³-hybridized carbons (Fsp3) is 0.400. The van der Waals surface area contributed by atoms with Gasteiger partial charge in [0.2, 0.25) is 0 Å². The van der Waals surface area contributed by atoms with Crippen molar-refractivity contribution in [3.63, 3.8) is 0 Å². The van der Waals surface area contributed by atoms with Crippen molar-refractivity contribution < 1.29 is 0 Å². The number of nitrogens with zero attached hydrogens (tertiary/aromatic N) is 3. The zero-order valence-electron chi connectivity index (χ0n) is 12.2. The maximum Gasteiger partial charge on any atom is 0.181 e. The summed E-state index contributed by atoms with van der Waals surface area (Å²) in [4.78, 5) is 13.6. The lowest BCUT2D eigenvalue weighted by Gasteiger charge is -2.19. The molecule has 0 aliphatic carbocycles. The van der Waals surface area contributed by atoms with Crippen LogP contribution in [0.3, 0.4) is 0 Å². The van der Waals surface area contributed by atoms with E-state index < -0.39 is 0 Å². The summed E-state index contributed by atoms with van der Waals surface area (Å²) in [5.74, 6) is 1.47. The monoisotopic (exact) mass is 334 g/mol. The summed E-state index contributed by atoms with van der Waals surface area (Å²) in [6.07, 6.45) is 1.75. The summed E-state index contributed by atoms with van der Waals surface area (Å²) in [5.41, 5.74) is 1.72. The Balaban J connectivity index is 2.58. The van der Waals surface area contributed by atoms with E-state index in [0.717, 1.165) is 28.2 Å². The molecule has 1 N–H and O–H groups in total. The van der Waals surface area contributed by atoms with Crippen molar-refractivity contribution in [1.82, 2.24) is 15.0 Å². The van der Waals surface area contributed by atoms with E-state index in [1.807, 2.05) is 18.2 Å². The van der Waals surface area contributed by atoms with Gasteiger partial charge in [-0.15, -0.1) is 0 Å². The molecule has 106 valence electrons. The van der Waals surface area contributed by atoms with Gasteiger partial charge in [-0.2, -0.15) is 0 Å². The molecule has 5 heteroatoms. The zero-order chi connectivity index (χ0) is 14.8. The molecule has 0 unspecified atom stereocenters. The van der Waals surface area contributed by atoms with E-state index in [0.29, 0.717) is 5.82 Å². The Labute approximate surface area is 128 Å². The molecule has 2 aromatic rings. The summed E-state index contributed by atoms with van der Waals surface area (Å²) in [5, 5.41) is 3.26. The number of nitrogens with one attached hydrogen (secondary N) is 1. The van der Waals surface area contributed by atoms with Crippen LogP contribution in [0.4, 0.5) is 5.82 Å². The quantitative estimate of drug-likeness (QED) is 0.920. The average Bonchev–Trinajstić information content (AvgIpc) is 2.38. The second kappa shape index (κ2) is 5.87. The Morgan fingerprint density at radius 2 is 2.00 bits per heavy atom. The van der Waals surface area contributed by atoms with Crippen LogP contribution in [0.1, 0.15) is 33.4 Å². The van der Waals surface area contributed by atoms with Gasteiger partial charge in [0.25, 0.3) is 0 Å². The molecule has 4 nitrogen and oxygen atoms in total. The maximum atomic E-state index is 4.67. The van der Waals surface area contributed by atoms with Crippen LogP contribution in [0, 0.1) is 0 Å². The van der Waals surface area contributed by atoms with Crippen molar-refractivity contribution in [2.75, 3.05) is 11.9 Å². The smallest absolute Gasteiger partial charge is 0.181 e. The largest absolute Gasteiger partial charge is 0.370 e. The summed E-state index contributed by atoms with van der Waals surface area (Å²) in [6.45, 7) is 9.30. The Morgan fingerprint density at radius 1 is 1.25 bits per heavy atom. The fourth-order valence-corrected chi connectivity index (χ4v) is 2.19. The highest BCUT2D eigenvalue weighted by atomic mass is 79.9. The number of rotatable bonds is 3. The van der Waals surface area contributed by atoms with Crippen molar-refractivity contribution >= 4 is 21.7 Å². The lowest BCUT2D eigenvalue weighted by Crippen LogP contribution is -2.16. The third-order valence-electron chi connectivity index (χ3n) is 2.82. The number of anilines is 1. The van der Waals surface area contributed by atoms with E-state index in [-0.39, 0.29) is 5.41 Å². The van der Waals surface area contributed by atoms with Crippen LogP contribution in [-0.2, 0) is 5.41 Å². The lowest BCUT2D eigenvalue weighted by atomic mass is 9.92. The maximum absolute atomic E-state index is 4.67. The van der Waals surface area contributed by atoms with Gasteiger partial charge in [-0.3, -0.25) is 4.98 Å². The predicted octanol–water partition coefficient (Wildman–Crippen LogP) is 4.03. The summed E-state index contributed by atoms with van der Waals surface area (Å²) in [7, 11) is 0. The van der Waals surface area contributed by atoms with Gasteiger partial charge < -0.3 is 5.32 Å². The predicted molar refractivity (Wildman–Crippen MR) is 85.8 cm³/mol. The van der Waals surface area contributed by atoms with E-state index in [2.05, 4.69) is 63.9 Å². The van der Waals surface area contributed by atoms with Gasteiger partial charge in [0, 0.05) is 28.7 Å². The molecule has 0 saturated heterocycles. The van der Waals surface area contributed by atoms with Crippen molar-refractivity contribution in [1.29, 1.82) is 0 Å². The minimum atomic E-state index is -0.0386. The molecule has 0 saturated carbocycles. The Kier molecular flexibility index (Phi) is 4.38. The molecule has 20 heavy (non-hydrogen) atoms. The van der Waals surface area contributed by atoms with Crippen LogP contribution >= 0.6 is 15.9 Å². The number of pyridine rings is 1. The van der Waals surface area contributed by atoms with Crippen molar-refractivity contribution in [3.05, 3.63) is 34.6 Å². The molecule has 2 heterocycles. The van der Waals surface area contributed by atoms with Gasteiger partial charge in [-0.1, -0.05) is 20.8 Å². The molecule has 0 atom stereocenters. The molecule has 0 fully saturated rings. The van der Waals surface area contributed by atoms with Gasteiger partial charge >= 0.3 is 0 Å². The van der Waals surface area contributed by atoms with E-state index in [1.54, 1.807) is 6.20 Å². The van der Waals surface area contributed by atoms with Crippen LogP contribution in [0.5, 0.6) is 0 Å². The highest BCUT2D eigenvalue weighted by Gasteiger charge is 2.19. The highest BCUT2D eigenvalue weighted by Crippen LogP contribution is 2.28. The third-order valence-corrected chi connectivity index (χ3v) is 3.46. The van der Waals surface area contributed by atoms with Crippen molar-refractivity contribution in [2.24, 2.45) is 0 Å². The minimum Gasteiger partial charge on any atom is -0.370 e. The van der Waals surface area contributed by atoms with E-state index >= 15 is 0 Å². The normalized spacial score (nSPS) is 11.4. The molecule has 0 aliphatic rings. The first kappa shape index (κ1) is 14.9. The first-order valence-corrected chi connectivity index (χ1v) is 7.45. The van der Waals surface area contributed by atoms with Gasteiger partial charge in [0.15, 0.2) is 5.82 Å². The number of hydrogen-bond acceptors (Lipinski definition) is 4. The van der Waals surface area contributed by atoms with Crippen LogP contribution in [-0.4, -0.2) is 21.5 Å². The summed E-state index contributed by atoms with van der Waals surface area (Å²) in [6, 6.07) is 5.83. The van der Waals surface area contributed by atoms with Crippen LogP contribution in [0.25, 0.3) is 11.5 Å². The molecule has 0 amide bonds. The Bertz CT molecular complexity index is 605. The van der Waals surface area contributed by atoms with Gasteiger partial charge in [0.05, 0.1) is 5.69 Å². The van der Waals surface area contributed by atoms with E-state index in [9.17, 15) is 0 Å². The number of hydrogen-bond donors (Lipinski definition) is 1. The van der Waals surface area contributed by atoms with Gasteiger partial charge in [-0.05, 0) is 35.0 Å². The number of aromatic nitrogens is 3. The molecule has 0 bridgehead atoms. The van der Waals surface area contributed by atoms with E-state index in [1.165, 1.54) is 0 Å². The summed E-state index contributed by atoms with van der Waals surface area (Å²) < 4.78 is 0.897. The first-order valence-electron chi connectivity index (χ1n) is 6.66. The third kappa shape index (κ3) is 3.33. The van der Waals surface area contributed by atoms with Crippen LogP contribution < -0.4 is 5.32 Å². The minimum absolute atomic E-state index is 0.0386. The Hall–Kier alpha value is -1.49. The number of halogens is 1.